The van der Waals surface area contributed by atoms with Gasteiger partial charge in [-0.1, -0.05) is 42.0 Å². The molecular formula is C26H22F2N2O2S. The minimum Gasteiger partial charge on any atom is -0.311 e. The molecule has 5 rings (SSSR count). The van der Waals surface area contributed by atoms with Gasteiger partial charge in [0.1, 0.15) is 11.6 Å². The van der Waals surface area contributed by atoms with Crippen LogP contribution in [0.4, 0.5) is 14.5 Å². The van der Waals surface area contributed by atoms with E-state index in [1.54, 1.807) is 23.1 Å². The molecule has 0 radical (unpaired) electrons. The number of aryl methyl sites for hydroxylation is 2. The first-order valence-corrected chi connectivity index (χ1v) is 11.7. The van der Waals surface area contributed by atoms with Crippen molar-refractivity contribution in [1.82, 2.24) is 4.90 Å². The highest BCUT2D eigenvalue weighted by atomic mass is 32.2. The predicted molar refractivity (Wildman–Crippen MR) is 125 cm³/mol. The van der Waals surface area contributed by atoms with Gasteiger partial charge in [0.25, 0.3) is 11.8 Å². The summed E-state index contributed by atoms with van der Waals surface area (Å²) in [6.07, 6.45) is 0. The summed E-state index contributed by atoms with van der Waals surface area (Å²) < 4.78 is 28.9. The summed E-state index contributed by atoms with van der Waals surface area (Å²) >= 11 is 1.40. The number of fused-ring (bicyclic) bond motifs is 2. The lowest BCUT2D eigenvalue weighted by Crippen LogP contribution is -2.50. The Morgan fingerprint density at radius 1 is 1.03 bits per heavy atom. The normalized spacial score (nSPS) is 19.5. The van der Waals surface area contributed by atoms with Crippen molar-refractivity contribution in [3.63, 3.8) is 0 Å². The van der Waals surface area contributed by atoms with E-state index in [0.717, 1.165) is 11.1 Å². The fraction of sp³-hybridized carbons (Fsp3) is 0.231. The van der Waals surface area contributed by atoms with Crippen LogP contribution in [0, 0.1) is 25.5 Å². The number of hydrogen-bond acceptors (Lipinski definition) is 3. The lowest BCUT2D eigenvalue weighted by molar-refractivity contribution is -0.123. The highest BCUT2D eigenvalue weighted by Gasteiger charge is 2.59. The number of thioether (sulfide) groups is 1. The predicted octanol–water partition coefficient (Wildman–Crippen LogP) is 5.17. The number of rotatable bonds is 3. The van der Waals surface area contributed by atoms with Crippen LogP contribution in [0.3, 0.4) is 0 Å². The maximum Gasteiger partial charge on any atom is 0.268 e. The van der Waals surface area contributed by atoms with Gasteiger partial charge in [-0.05, 0) is 43.7 Å². The second-order valence-corrected chi connectivity index (χ2v) is 9.66. The lowest BCUT2D eigenvalue weighted by Gasteiger charge is -2.33. The van der Waals surface area contributed by atoms with Crippen molar-refractivity contribution < 1.29 is 18.4 Å². The summed E-state index contributed by atoms with van der Waals surface area (Å²) in [5, 5.41) is 0. The third-order valence-electron chi connectivity index (χ3n) is 6.35. The van der Waals surface area contributed by atoms with E-state index >= 15 is 0 Å². The zero-order valence-electron chi connectivity index (χ0n) is 18.3. The molecule has 1 saturated heterocycles. The van der Waals surface area contributed by atoms with E-state index < -0.39 is 16.5 Å². The number of anilines is 1. The Bertz CT molecular complexity index is 1270. The fourth-order valence-electron chi connectivity index (χ4n) is 4.69. The van der Waals surface area contributed by atoms with E-state index in [9.17, 15) is 18.4 Å². The highest BCUT2D eigenvalue weighted by molar-refractivity contribution is 8.01. The molecule has 1 fully saturated rings. The molecule has 33 heavy (non-hydrogen) atoms. The van der Waals surface area contributed by atoms with E-state index in [-0.39, 0.29) is 23.9 Å². The molecule has 1 atom stereocenters. The van der Waals surface area contributed by atoms with Crippen molar-refractivity contribution >= 4 is 29.3 Å². The minimum atomic E-state index is -1.26. The first-order chi connectivity index (χ1) is 15.8. The molecule has 0 N–H and O–H groups in total. The van der Waals surface area contributed by atoms with E-state index in [2.05, 4.69) is 0 Å². The first kappa shape index (κ1) is 21.6. The third kappa shape index (κ3) is 3.25. The van der Waals surface area contributed by atoms with Gasteiger partial charge in [0.05, 0.1) is 12.2 Å². The van der Waals surface area contributed by atoms with Gasteiger partial charge in [-0.25, -0.2) is 8.78 Å². The molecular weight excluding hydrogens is 442 g/mol. The molecule has 0 bridgehead atoms. The van der Waals surface area contributed by atoms with Crippen LogP contribution in [-0.2, 0) is 16.2 Å². The molecule has 2 aliphatic heterocycles. The molecule has 2 heterocycles. The second kappa shape index (κ2) is 7.99. The Morgan fingerprint density at radius 2 is 1.76 bits per heavy atom. The SMILES string of the molecule is Cc1ccc2c(c1)C1(SCCN1C(=O)c1ccccc1C)C(=O)N2Cc1c(F)cccc1F. The molecule has 0 aliphatic carbocycles. The smallest absolute Gasteiger partial charge is 0.268 e. The van der Waals surface area contributed by atoms with Gasteiger partial charge < -0.3 is 9.80 Å². The van der Waals surface area contributed by atoms with Gasteiger partial charge in [-0.2, -0.15) is 0 Å². The summed E-state index contributed by atoms with van der Waals surface area (Å²) in [6.45, 7) is 3.94. The second-order valence-electron chi connectivity index (χ2n) is 8.38. The average molecular weight is 465 g/mol. The Kier molecular flexibility index (Phi) is 5.24. The molecule has 3 aromatic carbocycles. The van der Waals surface area contributed by atoms with E-state index in [1.807, 2.05) is 38.1 Å². The van der Waals surface area contributed by atoms with Crippen molar-refractivity contribution in [2.75, 3.05) is 17.2 Å². The van der Waals surface area contributed by atoms with Crippen molar-refractivity contribution in [2.24, 2.45) is 0 Å². The molecule has 3 aromatic rings. The molecule has 1 spiro atoms. The Balaban J connectivity index is 1.63. The van der Waals surface area contributed by atoms with Crippen molar-refractivity contribution in [3.8, 4) is 0 Å². The van der Waals surface area contributed by atoms with Crippen LogP contribution in [0.5, 0.6) is 0 Å². The highest BCUT2D eigenvalue weighted by Crippen LogP contribution is 2.55. The summed E-state index contributed by atoms with van der Waals surface area (Å²) in [5.41, 5.74) is 3.40. The summed E-state index contributed by atoms with van der Waals surface area (Å²) in [5.74, 6) is -1.40. The van der Waals surface area contributed by atoms with Crippen LogP contribution >= 0.6 is 11.8 Å². The summed E-state index contributed by atoms with van der Waals surface area (Å²) in [6, 6.07) is 16.5. The van der Waals surface area contributed by atoms with E-state index in [0.29, 0.717) is 29.1 Å². The third-order valence-corrected chi connectivity index (χ3v) is 7.77. The summed E-state index contributed by atoms with van der Waals surface area (Å²) in [4.78, 5) is 29.5. The van der Waals surface area contributed by atoms with Gasteiger partial charge in [0, 0.05) is 29.0 Å². The number of amides is 2. The maximum absolute atomic E-state index is 14.5. The molecule has 0 saturated carbocycles. The standard InChI is InChI=1S/C26H22F2N2O2S/c1-16-10-11-23-20(14-16)26(25(32)29(23)15-19-21(27)8-5-9-22(19)28)30(12-13-33-26)24(31)18-7-4-3-6-17(18)2/h3-11,14H,12-13,15H2,1-2H3. The van der Waals surface area contributed by atoms with E-state index in [1.165, 1.54) is 34.9 Å². The number of hydrogen-bond donors (Lipinski definition) is 0. The van der Waals surface area contributed by atoms with Gasteiger partial charge >= 0.3 is 0 Å². The number of halogens is 2. The zero-order valence-corrected chi connectivity index (χ0v) is 19.1. The van der Waals surface area contributed by atoms with Crippen molar-refractivity contribution in [2.45, 2.75) is 25.3 Å². The van der Waals surface area contributed by atoms with Gasteiger partial charge in [-0.15, -0.1) is 11.8 Å². The molecule has 0 aromatic heterocycles. The van der Waals surface area contributed by atoms with Gasteiger partial charge in [0.15, 0.2) is 4.87 Å². The van der Waals surface area contributed by atoms with Crippen LogP contribution in [0.25, 0.3) is 0 Å². The molecule has 1 unspecified atom stereocenters. The van der Waals surface area contributed by atoms with Crippen LogP contribution in [0.15, 0.2) is 60.7 Å². The van der Waals surface area contributed by atoms with Crippen LogP contribution < -0.4 is 4.90 Å². The maximum atomic E-state index is 14.5. The van der Waals surface area contributed by atoms with Crippen LogP contribution in [-0.4, -0.2) is 29.0 Å². The quantitative estimate of drug-likeness (QED) is 0.537. The molecule has 2 amide bonds. The van der Waals surface area contributed by atoms with Crippen LogP contribution in [0.2, 0.25) is 0 Å². The average Bonchev–Trinajstić information content (AvgIpc) is 3.33. The number of benzene rings is 3. The molecule has 2 aliphatic rings. The fourth-order valence-corrected chi connectivity index (χ4v) is 6.14. The minimum absolute atomic E-state index is 0.172. The van der Waals surface area contributed by atoms with Gasteiger partial charge in [-0.3, -0.25) is 9.59 Å². The Labute approximate surface area is 195 Å². The molecule has 4 nitrogen and oxygen atoms in total. The number of carbonyl (C=O) groups excluding carboxylic acids is 2. The monoisotopic (exact) mass is 464 g/mol. The van der Waals surface area contributed by atoms with E-state index in [4.69, 9.17) is 0 Å². The molecule has 168 valence electrons. The zero-order chi connectivity index (χ0) is 23.3. The number of nitrogens with zero attached hydrogens (tertiary/aromatic N) is 2. The topological polar surface area (TPSA) is 40.6 Å². The van der Waals surface area contributed by atoms with Crippen molar-refractivity contribution in [1.29, 1.82) is 0 Å². The number of carbonyl (C=O) groups is 2. The summed E-state index contributed by atoms with van der Waals surface area (Å²) in [7, 11) is 0. The van der Waals surface area contributed by atoms with Crippen molar-refractivity contribution in [3.05, 3.63) is 100 Å². The molecule has 7 heteroatoms. The Morgan fingerprint density at radius 3 is 2.48 bits per heavy atom. The van der Waals surface area contributed by atoms with Crippen LogP contribution in [0.1, 0.15) is 32.6 Å². The first-order valence-electron chi connectivity index (χ1n) is 10.7. The Hall–Kier alpha value is -3.19. The lowest BCUT2D eigenvalue weighted by atomic mass is 10.0. The largest absolute Gasteiger partial charge is 0.311 e. The van der Waals surface area contributed by atoms with Gasteiger partial charge in [0.2, 0.25) is 0 Å².